The van der Waals surface area contributed by atoms with E-state index in [9.17, 15) is 0 Å². The summed E-state index contributed by atoms with van der Waals surface area (Å²) in [5.41, 5.74) is 3.61. The number of rotatable bonds is 12. The number of azo groups is 2. The molecule has 14 nitrogen and oxygen atoms in total. The standard InChI is InChI=1S/C32H46N12O2.2CH3/c1-7-39-23-33-43(9-3)31(39)37-35-25-13-15-27(29(21-25)45-5)41-17-11-19-42(20-12-18-41)28-16-14-26(22-30(28)46-6)36-38-32-40(8-2)24-34-44(32)10-4;;/h13-16,21-24H,7-12,17-20H2,1-6H3;2*1H3/q+2;2*-1. The number of hydrogen-bond acceptors (Lipinski definition) is 10. The third-order valence-electron chi connectivity index (χ3n) is 8.15. The summed E-state index contributed by atoms with van der Waals surface area (Å²) in [4.78, 5) is 4.80. The van der Waals surface area contributed by atoms with Crippen LogP contribution >= 0.6 is 0 Å². The summed E-state index contributed by atoms with van der Waals surface area (Å²) in [6.45, 7) is 14.8. The summed E-state index contributed by atoms with van der Waals surface area (Å²) in [5.74, 6) is 3.03. The molecule has 0 aliphatic carbocycles. The summed E-state index contributed by atoms with van der Waals surface area (Å²) >= 11 is 0. The highest BCUT2D eigenvalue weighted by Crippen LogP contribution is 2.36. The fourth-order valence-corrected chi connectivity index (χ4v) is 5.66. The van der Waals surface area contributed by atoms with Crippen molar-refractivity contribution in [3.8, 4) is 11.5 Å². The van der Waals surface area contributed by atoms with E-state index in [1.807, 2.05) is 56.6 Å². The Hall–Kier alpha value is -4.88. The SMILES string of the molecule is CCn1nc[n+](CC)c1N=Nc1ccc(N2CCCN(c3ccc(N=Nc4n(CC)nc[n+]4CC)cc3OC)CCC2)c(OC)c1.[CH3-].[CH3-]. The molecular weight excluding hydrogens is 608 g/mol. The molecule has 0 saturated carbocycles. The van der Waals surface area contributed by atoms with Gasteiger partial charge in [-0.1, -0.05) is 10.2 Å². The first-order valence-corrected chi connectivity index (χ1v) is 16.1. The van der Waals surface area contributed by atoms with E-state index in [-0.39, 0.29) is 14.9 Å². The van der Waals surface area contributed by atoms with E-state index in [0.29, 0.717) is 0 Å². The molecule has 0 N–H and O–H groups in total. The maximum absolute atomic E-state index is 5.82. The first kappa shape index (κ1) is 37.6. The normalized spacial score (nSPS) is 13.7. The number of aromatic nitrogens is 6. The van der Waals surface area contributed by atoms with E-state index in [4.69, 9.17) is 9.47 Å². The molecule has 0 spiro atoms. The van der Waals surface area contributed by atoms with Crippen LogP contribution in [0.1, 0.15) is 40.5 Å². The van der Waals surface area contributed by atoms with E-state index in [1.54, 1.807) is 26.9 Å². The van der Waals surface area contributed by atoms with Crippen molar-refractivity contribution in [1.29, 1.82) is 0 Å². The predicted octanol–water partition coefficient (Wildman–Crippen LogP) is 6.59. The van der Waals surface area contributed by atoms with Crippen LogP contribution in [0.25, 0.3) is 0 Å². The molecule has 2 aromatic carbocycles. The Balaban J connectivity index is 0.00000312. The minimum absolute atomic E-state index is 0. The van der Waals surface area contributed by atoms with Gasteiger partial charge >= 0.3 is 11.9 Å². The molecule has 0 radical (unpaired) electrons. The van der Waals surface area contributed by atoms with Crippen molar-refractivity contribution in [1.82, 2.24) is 19.6 Å². The van der Waals surface area contributed by atoms with Gasteiger partial charge in [-0.25, -0.2) is 9.13 Å². The molecule has 0 atom stereocenters. The van der Waals surface area contributed by atoms with Crippen molar-refractivity contribution in [2.45, 2.75) is 66.7 Å². The summed E-state index contributed by atoms with van der Waals surface area (Å²) in [7, 11) is 3.41. The van der Waals surface area contributed by atoms with Crippen LogP contribution in [0.4, 0.5) is 34.6 Å². The second kappa shape index (κ2) is 17.9. The van der Waals surface area contributed by atoms with Gasteiger partial charge in [0.1, 0.15) is 22.9 Å². The van der Waals surface area contributed by atoms with Crippen molar-refractivity contribution in [2.75, 3.05) is 50.2 Å². The summed E-state index contributed by atoms with van der Waals surface area (Å²) in [6.07, 6.45) is 5.53. The zero-order valence-electron chi connectivity index (χ0n) is 29.9. The Morgan fingerprint density at radius 3 is 1.35 bits per heavy atom. The molecule has 1 aliphatic heterocycles. The quantitative estimate of drug-likeness (QED) is 0.0962. The van der Waals surface area contributed by atoms with Gasteiger partial charge in [-0.3, -0.25) is 0 Å². The van der Waals surface area contributed by atoms with Crippen LogP contribution in [-0.2, 0) is 26.2 Å². The molecule has 14 heteroatoms. The summed E-state index contributed by atoms with van der Waals surface area (Å²) in [5, 5.41) is 26.8. The lowest BCUT2D eigenvalue weighted by Crippen LogP contribution is -2.37. The lowest BCUT2D eigenvalue weighted by atomic mass is 10.1. The van der Waals surface area contributed by atoms with E-state index in [0.717, 1.165) is 111 Å². The third kappa shape index (κ3) is 8.33. The number of hydrogen-bond donors (Lipinski definition) is 0. The number of nitrogens with zero attached hydrogens (tertiary/aromatic N) is 12. The van der Waals surface area contributed by atoms with Gasteiger partial charge in [0.15, 0.2) is 0 Å². The molecule has 0 bridgehead atoms. The maximum Gasteiger partial charge on any atom is 0.403 e. The Morgan fingerprint density at radius 1 is 0.625 bits per heavy atom. The Kier molecular flexibility index (Phi) is 14.0. The second-order valence-corrected chi connectivity index (χ2v) is 10.9. The van der Waals surface area contributed by atoms with Gasteiger partial charge in [0.25, 0.3) is 0 Å². The van der Waals surface area contributed by atoms with E-state index in [1.165, 1.54) is 0 Å². The molecule has 1 aliphatic rings. The monoisotopic (exact) mass is 660 g/mol. The van der Waals surface area contributed by atoms with E-state index < -0.39 is 0 Å². The minimum Gasteiger partial charge on any atom is -0.495 e. The van der Waals surface area contributed by atoms with Crippen molar-refractivity contribution in [3.63, 3.8) is 0 Å². The van der Waals surface area contributed by atoms with Gasteiger partial charge < -0.3 is 34.1 Å². The lowest BCUT2D eigenvalue weighted by Gasteiger charge is -2.34. The largest absolute Gasteiger partial charge is 0.495 e. The molecular formula is C34H52N12O2. The highest BCUT2D eigenvalue weighted by Gasteiger charge is 2.21. The smallest absolute Gasteiger partial charge is 0.403 e. The second-order valence-electron chi connectivity index (χ2n) is 10.9. The van der Waals surface area contributed by atoms with Crippen molar-refractivity contribution in [2.24, 2.45) is 20.5 Å². The molecule has 3 heterocycles. The van der Waals surface area contributed by atoms with E-state index in [2.05, 4.69) is 66.4 Å². The number of benzene rings is 2. The van der Waals surface area contributed by atoms with Gasteiger partial charge in [-0.05, 0) is 75.0 Å². The molecule has 0 unspecified atom stereocenters. The van der Waals surface area contributed by atoms with Crippen LogP contribution in [0.2, 0.25) is 0 Å². The van der Waals surface area contributed by atoms with Gasteiger partial charge in [-0.15, -0.1) is 9.36 Å². The maximum atomic E-state index is 5.82. The number of ether oxygens (including phenoxy) is 2. The van der Waals surface area contributed by atoms with Crippen LogP contribution in [0.15, 0.2) is 69.5 Å². The summed E-state index contributed by atoms with van der Waals surface area (Å²) in [6, 6.07) is 12.1. The zero-order valence-corrected chi connectivity index (χ0v) is 29.9. The molecule has 48 heavy (non-hydrogen) atoms. The molecule has 5 rings (SSSR count). The topological polar surface area (TPSA) is 118 Å². The third-order valence-corrected chi connectivity index (χ3v) is 8.15. The van der Waals surface area contributed by atoms with E-state index >= 15 is 0 Å². The lowest BCUT2D eigenvalue weighted by molar-refractivity contribution is -0.681. The van der Waals surface area contributed by atoms with Crippen molar-refractivity contribution >= 4 is 34.6 Å². The molecule has 1 saturated heterocycles. The van der Waals surface area contributed by atoms with Gasteiger partial charge in [0, 0.05) is 48.5 Å². The first-order valence-electron chi connectivity index (χ1n) is 16.1. The number of aryl methyl sites for hydroxylation is 4. The van der Waals surface area contributed by atoms with Gasteiger partial charge in [-0.2, -0.15) is 0 Å². The fraction of sp³-hybridized carbons (Fsp3) is 0.471. The fourth-order valence-electron chi connectivity index (χ4n) is 5.66. The molecule has 4 aromatic rings. The van der Waals surface area contributed by atoms with Crippen LogP contribution < -0.4 is 28.4 Å². The Morgan fingerprint density at radius 2 is 1.02 bits per heavy atom. The number of methoxy groups -OCH3 is 2. The molecule has 0 amide bonds. The average molecular weight is 661 g/mol. The first-order chi connectivity index (χ1) is 22.5. The molecule has 260 valence electrons. The highest BCUT2D eigenvalue weighted by molar-refractivity contribution is 5.65. The highest BCUT2D eigenvalue weighted by atomic mass is 16.5. The molecule has 2 aromatic heterocycles. The van der Waals surface area contributed by atoms with Crippen LogP contribution in [0.5, 0.6) is 11.5 Å². The van der Waals surface area contributed by atoms with Crippen molar-refractivity contribution in [3.05, 3.63) is 63.9 Å². The summed E-state index contributed by atoms with van der Waals surface area (Å²) < 4.78 is 19.3. The molecule has 1 fully saturated rings. The predicted molar refractivity (Wildman–Crippen MR) is 188 cm³/mol. The van der Waals surface area contributed by atoms with Crippen molar-refractivity contribution < 1.29 is 18.6 Å². The zero-order chi connectivity index (χ0) is 32.5. The average Bonchev–Trinajstić information content (AvgIpc) is 3.69. The minimum atomic E-state index is 0. The van der Waals surface area contributed by atoms with Gasteiger partial charge in [0.05, 0.1) is 51.8 Å². The van der Waals surface area contributed by atoms with Crippen LogP contribution in [0.3, 0.4) is 0 Å². The van der Waals surface area contributed by atoms with Gasteiger partial charge in [0.2, 0.25) is 12.7 Å². The Labute approximate surface area is 285 Å². The Bertz CT molecular complexity index is 1490. The number of anilines is 2. The van der Waals surface area contributed by atoms with Crippen LogP contribution in [0, 0.1) is 14.9 Å². The van der Waals surface area contributed by atoms with Crippen LogP contribution in [-0.4, -0.2) is 60.0 Å².